The van der Waals surface area contributed by atoms with Gasteiger partial charge in [-0.15, -0.1) is 10.2 Å². The van der Waals surface area contributed by atoms with Crippen molar-refractivity contribution in [2.75, 3.05) is 18.4 Å². The zero-order valence-corrected chi connectivity index (χ0v) is 19.6. The highest BCUT2D eigenvalue weighted by molar-refractivity contribution is 5.96. The predicted molar refractivity (Wildman–Crippen MR) is 122 cm³/mol. The number of aromatic nitrogens is 3. The number of alkyl halides is 3. The van der Waals surface area contributed by atoms with E-state index >= 15 is 0 Å². The van der Waals surface area contributed by atoms with Gasteiger partial charge in [-0.2, -0.15) is 13.2 Å². The van der Waals surface area contributed by atoms with Gasteiger partial charge in [0.25, 0.3) is 5.91 Å². The molecule has 0 bridgehead atoms. The molecule has 0 aliphatic carbocycles. The molecule has 186 valence electrons. The number of carbonyl (C=O) groups is 2. The monoisotopic (exact) mass is 489 g/mol. The van der Waals surface area contributed by atoms with Crippen molar-refractivity contribution in [3.63, 3.8) is 0 Å². The molecule has 4 rings (SSSR count). The van der Waals surface area contributed by atoms with Crippen molar-refractivity contribution in [3.8, 4) is 0 Å². The van der Waals surface area contributed by atoms with Crippen LogP contribution in [0, 0.1) is 0 Å². The summed E-state index contributed by atoms with van der Waals surface area (Å²) in [5.74, 6) is -0.120. The van der Waals surface area contributed by atoms with E-state index in [1.54, 1.807) is 49.9 Å². The topological polar surface area (TPSA) is 88.8 Å². The number of likely N-dealkylation sites (tertiary alicyclic amines) is 1. The molecule has 8 nitrogen and oxygen atoms in total. The Labute approximate surface area is 200 Å². The van der Waals surface area contributed by atoms with Crippen LogP contribution in [0.25, 0.3) is 5.65 Å². The average molecular weight is 489 g/mol. The number of nitrogens with one attached hydrogen (secondary N) is 1. The second-order valence-electron chi connectivity index (χ2n) is 9.50. The van der Waals surface area contributed by atoms with E-state index in [9.17, 15) is 22.8 Å². The highest BCUT2D eigenvalue weighted by Gasteiger charge is 2.33. The van der Waals surface area contributed by atoms with Gasteiger partial charge in [0.1, 0.15) is 11.4 Å². The van der Waals surface area contributed by atoms with Crippen LogP contribution in [0.3, 0.4) is 0 Å². The first-order chi connectivity index (χ1) is 16.4. The quantitative estimate of drug-likeness (QED) is 0.552. The van der Waals surface area contributed by atoms with E-state index in [0.717, 1.165) is 12.3 Å². The summed E-state index contributed by atoms with van der Waals surface area (Å²) in [4.78, 5) is 26.9. The zero-order valence-electron chi connectivity index (χ0n) is 19.6. The summed E-state index contributed by atoms with van der Waals surface area (Å²) in [7, 11) is 0. The lowest BCUT2D eigenvalue weighted by Crippen LogP contribution is -2.39. The van der Waals surface area contributed by atoms with Crippen molar-refractivity contribution in [2.45, 2.75) is 51.3 Å². The van der Waals surface area contributed by atoms with Crippen LogP contribution in [0.2, 0.25) is 0 Å². The van der Waals surface area contributed by atoms with Crippen LogP contribution < -0.4 is 5.32 Å². The number of anilines is 1. The molecule has 0 spiro atoms. The van der Waals surface area contributed by atoms with Crippen LogP contribution in [0.15, 0.2) is 42.6 Å². The molecule has 0 radical (unpaired) electrons. The maximum atomic E-state index is 13.2. The van der Waals surface area contributed by atoms with Gasteiger partial charge in [0.15, 0.2) is 5.65 Å². The predicted octanol–water partition coefficient (Wildman–Crippen LogP) is 5.11. The Morgan fingerprint density at radius 2 is 1.89 bits per heavy atom. The second kappa shape index (κ2) is 9.20. The number of benzene rings is 1. The summed E-state index contributed by atoms with van der Waals surface area (Å²) in [5, 5.41) is 10.8. The molecule has 2 amide bonds. The Morgan fingerprint density at radius 3 is 2.60 bits per heavy atom. The number of hydrogen-bond acceptors (Lipinski definition) is 5. The number of amides is 2. The fraction of sp³-hybridized carbons (Fsp3) is 0.417. The molecule has 1 aromatic carbocycles. The fourth-order valence-corrected chi connectivity index (χ4v) is 4.06. The van der Waals surface area contributed by atoms with Gasteiger partial charge in [-0.3, -0.25) is 14.5 Å². The largest absolute Gasteiger partial charge is 0.444 e. The van der Waals surface area contributed by atoms with Crippen molar-refractivity contribution in [2.24, 2.45) is 0 Å². The van der Waals surface area contributed by atoms with Crippen LogP contribution in [0.1, 0.15) is 61.3 Å². The van der Waals surface area contributed by atoms with Gasteiger partial charge in [-0.25, -0.2) is 4.79 Å². The Kier molecular flexibility index (Phi) is 6.44. The van der Waals surface area contributed by atoms with Gasteiger partial charge in [-0.1, -0.05) is 6.07 Å². The smallest absolute Gasteiger partial charge is 0.417 e. The highest BCUT2D eigenvalue weighted by Crippen LogP contribution is 2.32. The van der Waals surface area contributed by atoms with Crippen molar-refractivity contribution in [3.05, 3.63) is 59.5 Å². The molecule has 1 aliphatic heterocycles. The molecule has 1 fully saturated rings. The first-order valence-corrected chi connectivity index (χ1v) is 11.2. The minimum Gasteiger partial charge on any atom is -0.444 e. The fourth-order valence-electron chi connectivity index (χ4n) is 4.06. The second-order valence-corrected chi connectivity index (χ2v) is 9.50. The molecule has 1 unspecified atom stereocenters. The van der Waals surface area contributed by atoms with Gasteiger partial charge in [-0.05, 0) is 63.9 Å². The summed E-state index contributed by atoms with van der Waals surface area (Å²) in [6.07, 6.45) is -2.78. The number of halogens is 3. The van der Waals surface area contributed by atoms with Crippen LogP contribution >= 0.6 is 0 Å². The Balaban J connectivity index is 1.51. The van der Waals surface area contributed by atoms with E-state index in [4.69, 9.17) is 4.74 Å². The minimum atomic E-state index is -4.48. The average Bonchev–Trinajstić information content (AvgIpc) is 3.20. The molecule has 3 aromatic rings. The lowest BCUT2D eigenvalue weighted by Gasteiger charge is -2.32. The maximum absolute atomic E-state index is 13.2. The zero-order chi connectivity index (χ0) is 25.4. The molecule has 1 aliphatic rings. The number of rotatable bonds is 3. The van der Waals surface area contributed by atoms with Crippen LogP contribution in [-0.4, -0.2) is 50.2 Å². The first kappa shape index (κ1) is 24.5. The third-order valence-corrected chi connectivity index (χ3v) is 5.58. The van der Waals surface area contributed by atoms with Gasteiger partial charge in [0.2, 0.25) is 0 Å². The van der Waals surface area contributed by atoms with Crippen molar-refractivity contribution < 1.29 is 27.5 Å². The summed E-state index contributed by atoms with van der Waals surface area (Å²) in [6, 6.07) is 8.79. The van der Waals surface area contributed by atoms with E-state index < -0.39 is 23.4 Å². The van der Waals surface area contributed by atoms with Gasteiger partial charge < -0.3 is 9.64 Å². The van der Waals surface area contributed by atoms with Gasteiger partial charge in [0.05, 0.1) is 5.56 Å². The van der Waals surface area contributed by atoms with Crippen molar-refractivity contribution in [1.82, 2.24) is 19.5 Å². The minimum absolute atomic E-state index is 0.243. The standard InChI is InChI=1S/C24H26F3N5O3/c1-23(2,3)35-22(34)28-18-8-4-6-15(12-18)21(33)31-11-5-7-16(13-31)20-30-29-19-10-9-17(14-32(19)20)24(25,26)27/h4,6,8-10,12,14,16H,5,7,11,13H2,1-3H3,(H,28,34). The lowest BCUT2D eigenvalue weighted by molar-refractivity contribution is -0.137. The van der Waals surface area contributed by atoms with Crippen LogP contribution in [0.5, 0.6) is 0 Å². The normalized spacial score (nSPS) is 16.9. The molecular formula is C24H26F3N5O3. The van der Waals surface area contributed by atoms with Crippen molar-refractivity contribution in [1.29, 1.82) is 0 Å². The number of hydrogen-bond donors (Lipinski definition) is 1. The summed E-state index contributed by atoms with van der Waals surface area (Å²) < 4.78 is 46.2. The third kappa shape index (κ3) is 5.72. The van der Waals surface area contributed by atoms with Gasteiger partial charge in [0, 0.05) is 36.5 Å². The number of pyridine rings is 1. The van der Waals surface area contributed by atoms with E-state index in [-0.39, 0.29) is 11.8 Å². The number of carbonyl (C=O) groups excluding carboxylic acids is 2. The van der Waals surface area contributed by atoms with E-state index in [0.29, 0.717) is 48.7 Å². The number of nitrogens with zero attached hydrogens (tertiary/aromatic N) is 4. The molecule has 1 atom stereocenters. The van der Waals surface area contributed by atoms with Crippen LogP contribution in [0.4, 0.5) is 23.7 Å². The number of fused-ring (bicyclic) bond motifs is 1. The molecule has 2 aromatic heterocycles. The van der Waals surface area contributed by atoms with Crippen LogP contribution in [-0.2, 0) is 10.9 Å². The summed E-state index contributed by atoms with van der Waals surface area (Å²) in [6.45, 7) is 6.05. The Hall–Kier alpha value is -3.63. The summed E-state index contributed by atoms with van der Waals surface area (Å²) >= 11 is 0. The highest BCUT2D eigenvalue weighted by atomic mass is 19.4. The number of ether oxygens (including phenoxy) is 1. The van der Waals surface area contributed by atoms with E-state index in [1.807, 2.05) is 0 Å². The number of piperidine rings is 1. The molecule has 0 saturated carbocycles. The molecule has 1 saturated heterocycles. The maximum Gasteiger partial charge on any atom is 0.417 e. The van der Waals surface area contributed by atoms with Gasteiger partial charge >= 0.3 is 12.3 Å². The Morgan fingerprint density at radius 1 is 1.11 bits per heavy atom. The van der Waals surface area contributed by atoms with E-state index in [2.05, 4.69) is 15.5 Å². The lowest BCUT2D eigenvalue weighted by atomic mass is 9.96. The SMILES string of the molecule is CC(C)(C)OC(=O)Nc1cccc(C(=O)N2CCCC(c3nnc4ccc(C(F)(F)F)cn34)C2)c1. The molecule has 3 heterocycles. The molecule has 1 N–H and O–H groups in total. The molecule has 11 heteroatoms. The van der Waals surface area contributed by atoms with E-state index in [1.165, 1.54) is 10.5 Å². The third-order valence-electron chi connectivity index (χ3n) is 5.58. The summed E-state index contributed by atoms with van der Waals surface area (Å²) in [5.41, 5.74) is -0.333. The molecule has 35 heavy (non-hydrogen) atoms. The molecular weight excluding hydrogens is 463 g/mol. The Bertz CT molecular complexity index is 1250. The van der Waals surface area contributed by atoms with Crippen molar-refractivity contribution >= 4 is 23.3 Å². The first-order valence-electron chi connectivity index (χ1n) is 11.2.